The molecule has 1 saturated carbocycles. The number of nitrogens with one attached hydrogen (secondary N) is 2. The Balaban J connectivity index is 1.62. The van der Waals surface area contributed by atoms with Crippen molar-refractivity contribution in [2.75, 3.05) is 4.72 Å². The number of anilines is 1. The third-order valence-corrected chi connectivity index (χ3v) is 7.00. The largest absolute Gasteiger partial charge is 0.481 e. The van der Waals surface area contributed by atoms with Crippen molar-refractivity contribution >= 4 is 21.6 Å². The number of ether oxygens (including phenoxy) is 1. The smallest absolute Gasteiger partial charge is 0.261 e. The van der Waals surface area contributed by atoms with Crippen LogP contribution in [0.2, 0.25) is 0 Å². The van der Waals surface area contributed by atoms with Crippen LogP contribution in [0, 0.1) is 13.8 Å². The van der Waals surface area contributed by atoms with E-state index in [1.165, 1.54) is 18.6 Å². The summed E-state index contributed by atoms with van der Waals surface area (Å²) in [4.78, 5) is 12.5. The van der Waals surface area contributed by atoms with Crippen LogP contribution < -0.4 is 14.8 Å². The van der Waals surface area contributed by atoms with Gasteiger partial charge < -0.3 is 10.1 Å². The van der Waals surface area contributed by atoms with Crippen LogP contribution in [0.5, 0.6) is 5.75 Å². The monoisotopic (exact) mass is 430 g/mol. The molecule has 1 atom stereocenters. The van der Waals surface area contributed by atoms with Gasteiger partial charge in [-0.05, 0) is 75.1 Å². The molecule has 3 rings (SSSR count). The number of amides is 1. The average Bonchev–Trinajstić information content (AvgIpc) is 2.72. The van der Waals surface area contributed by atoms with E-state index >= 15 is 0 Å². The quantitative estimate of drug-likeness (QED) is 0.685. The van der Waals surface area contributed by atoms with E-state index in [-0.39, 0.29) is 16.8 Å². The average molecular weight is 431 g/mol. The zero-order valence-electron chi connectivity index (χ0n) is 17.8. The topological polar surface area (TPSA) is 84.5 Å². The summed E-state index contributed by atoms with van der Waals surface area (Å²) in [7, 11) is -3.72. The van der Waals surface area contributed by atoms with Gasteiger partial charge in [-0.3, -0.25) is 9.52 Å². The fourth-order valence-electron chi connectivity index (χ4n) is 3.59. The van der Waals surface area contributed by atoms with Gasteiger partial charge in [0.15, 0.2) is 6.10 Å². The van der Waals surface area contributed by atoms with Gasteiger partial charge in [-0.2, -0.15) is 0 Å². The van der Waals surface area contributed by atoms with Crippen molar-refractivity contribution in [2.45, 2.75) is 69.9 Å². The van der Waals surface area contributed by atoms with Crippen LogP contribution in [-0.4, -0.2) is 26.5 Å². The molecule has 162 valence electrons. The molecule has 30 heavy (non-hydrogen) atoms. The Morgan fingerprint density at radius 3 is 2.37 bits per heavy atom. The van der Waals surface area contributed by atoms with Crippen LogP contribution in [0.1, 0.15) is 50.2 Å². The minimum Gasteiger partial charge on any atom is -0.481 e. The van der Waals surface area contributed by atoms with Crippen molar-refractivity contribution in [3.05, 3.63) is 53.6 Å². The number of sulfonamides is 1. The lowest BCUT2D eigenvalue weighted by Crippen LogP contribution is -2.43. The number of benzene rings is 2. The molecule has 0 heterocycles. The van der Waals surface area contributed by atoms with Crippen molar-refractivity contribution < 1.29 is 17.9 Å². The maximum absolute atomic E-state index is 12.7. The van der Waals surface area contributed by atoms with Crippen LogP contribution in [0.4, 0.5) is 5.69 Å². The first-order chi connectivity index (χ1) is 14.3. The Morgan fingerprint density at radius 1 is 1.03 bits per heavy atom. The van der Waals surface area contributed by atoms with E-state index in [4.69, 9.17) is 4.74 Å². The van der Waals surface area contributed by atoms with Crippen LogP contribution in [-0.2, 0) is 14.8 Å². The molecule has 1 aliphatic rings. The molecular weight excluding hydrogens is 400 g/mol. The van der Waals surface area contributed by atoms with Crippen molar-refractivity contribution in [3.63, 3.8) is 0 Å². The molecule has 0 unspecified atom stereocenters. The molecule has 6 nitrogen and oxygen atoms in total. The van der Waals surface area contributed by atoms with Crippen molar-refractivity contribution in [1.82, 2.24) is 5.32 Å². The lowest BCUT2D eigenvalue weighted by Gasteiger charge is -2.24. The van der Waals surface area contributed by atoms with Crippen molar-refractivity contribution in [1.29, 1.82) is 0 Å². The number of hydrogen-bond donors (Lipinski definition) is 2. The van der Waals surface area contributed by atoms with E-state index in [1.807, 2.05) is 26.0 Å². The predicted octanol–water partition coefficient (Wildman–Crippen LogP) is 4.32. The fraction of sp³-hybridized carbons (Fsp3) is 0.435. The molecule has 1 amide bonds. The first-order valence-electron chi connectivity index (χ1n) is 10.4. The molecule has 0 aliphatic heterocycles. The zero-order valence-corrected chi connectivity index (χ0v) is 18.6. The maximum atomic E-state index is 12.7. The Morgan fingerprint density at radius 2 is 1.70 bits per heavy atom. The summed E-state index contributed by atoms with van der Waals surface area (Å²) in [5.41, 5.74) is 2.46. The molecule has 0 bridgehead atoms. The lowest BCUT2D eigenvalue weighted by atomic mass is 9.95. The summed E-state index contributed by atoms with van der Waals surface area (Å²) in [5, 5.41) is 3.04. The number of carbonyl (C=O) groups excluding carboxylic acids is 1. The Bertz CT molecular complexity index is 981. The van der Waals surface area contributed by atoms with Gasteiger partial charge in [0, 0.05) is 6.04 Å². The Labute approximate surface area is 179 Å². The highest BCUT2D eigenvalue weighted by Gasteiger charge is 2.21. The van der Waals surface area contributed by atoms with Gasteiger partial charge in [0.05, 0.1) is 10.6 Å². The molecule has 1 fully saturated rings. The van der Waals surface area contributed by atoms with Gasteiger partial charge >= 0.3 is 0 Å². The van der Waals surface area contributed by atoms with E-state index < -0.39 is 16.1 Å². The van der Waals surface area contributed by atoms with Crippen molar-refractivity contribution in [2.24, 2.45) is 0 Å². The second kappa shape index (κ2) is 9.51. The van der Waals surface area contributed by atoms with E-state index in [9.17, 15) is 13.2 Å². The molecule has 0 saturated heterocycles. The molecule has 2 aromatic rings. The SMILES string of the molecule is Cc1cccc(NS(=O)(=O)c2ccc(O[C@H](C)C(=O)NC3CCCCC3)cc2)c1C. The van der Waals surface area contributed by atoms with E-state index in [0.29, 0.717) is 11.4 Å². The van der Waals surface area contributed by atoms with Gasteiger partial charge in [0.1, 0.15) is 5.75 Å². The first kappa shape index (κ1) is 22.2. The van der Waals surface area contributed by atoms with E-state index in [2.05, 4.69) is 10.0 Å². The third-order valence-electron chi connectivity index (χ3n) is 5.62. The summed E-state index contributed by atoms with van der Waals surface area (Å²) in [6, 6.07) is 11.8. The number of rotatable bonds is 7. The fourth-order valence-corrected chi connectivity index (χ4v) is 4.71. The molecule has 0 radical (unpaired) electrons. The molecule has 0 spiro atoms. The zero-order chi connectivity index (χ0) is 21.7. The minimum absolute atomic E-state index is 0.134. The Kier molecular flexibility index (Phi) is 7.02. The van der Waals surface area contributed by atoms with Gasteiger partial charge in [-0.25, -0.2) is 8.42 Å². The molecule has 7 heteroatoms. The van der Waals surface area contributed by atoms with Gasteiger partial charge in [-0.15, -0.1) is 0 Å². The highest BCUT2D eigenvalue weighted by Crippen LogP contribution is 2.24. The van der Waals surface area contributed by atoms with E-state index in [1.54, 1.807) is 25.1 Å². The van der Waals surface area contributed by atoms with Crippen molar-refractivity contribution in [3.8, 4) is 5.75 Å². The highest BCUT2D eigenvalue weighted by atomic mass is 32.2. The molecule has 2 N–H and O–H groups in total. The normalized spacial score (nSPS) is 16.0. The number of hydrogen-bond acceptors (Lipinski definition) is 4. The van der Waals surface area contributed by atoms with Crippen LogP contribution in [0.15, 0.2) is 47.4 Å². The molecule has 2 aromatic carbocycles. The summed E-state index contributed by atoms with van der Waals surface area (Å²) in [6.07, 6.45) is 4.89. The second-order valence-corrected chi connectivity index (χ2v) is 9.61. The second-order valence-electron chi connectivity index (χ2n) is 7.93. The molecule has 1 aliphatic carbocycles. The maximum Gasteiger partial charge on any atom is 0.261 e. The lowest BCUT2D eigenvalue weighted by molar-refractivity contribution is -0.128. The summed E-state index contributed by atoms with van der Waals surface area (Å²) in [6.45, 7) is 5.51. The minimum atomic E-state index is -3.72. The van der Waals surface area contributed by atoms with E-state index in [0.717, 1.165) is 36.8 Å². The Hall–Kier alpha value is -2.54. The first-order valence-corrected chi connectivity index (χ1v) is 11.9. The van der Waals surface area contributed by atoms with Crippen LogP contribution in [0.25, 0.3) is 0 Å². The van der Waals surface area contributed by atoms with Gasteiger partial charge in [-0.1, -0.05) is 31.4 Å². The predicted molar refractivity (Wildman–Crippen MR) is 118 cm³/mol. The van der Waals surface area contributed by atoms with Gasteiger partial charge in [0.2, 0.25) is 0 Å². The third kappa shape index (κ3) is 5.53. The summed E-state index contributed by atoms with van der Waals surface area (Å²) >= 11 is 0. The summed E-state index contributed by atoms with van der Waals surface area (Å²) < 4.78 is 33.8. The van der Waals surface area contributed by atoms with Crippen LogP contribution >= 0.6 is 0 Å². The molecule has 0 aromatic heterocycles. The number of aryl methyl sites for hydroxylation is 1. The molecular formula is C23H30N2O4S. The highest BCUT2D eigenvalue weighted by molar-refractivity contribution is 7.92. The number of carbonyl (C=O) groups is 1. The standard InChI is InChI=1S/C23H30N2O4S/c1-16-8-7-11-22(17(16)2)25-30(27,28)21-14-12-20(13-15-21)29-18(3)23(26)24-19-9-5-4-6-10-19/h7-8,11-15,18-19,25H,4-6,9-10H2,1-3H3,(H,24,26)/t18-/m1/s1. The van der Waals surface area contributed by atoms with Crippen LogP contribution in [0.3, 0.4) is 0 Å². The summed E-state index contributed by atoms with van der Waals surface area (Å²) in [5.74, 6) is 0.308. The van der Waals surface area contributed by atoms with Gasteiger partial charge in [0.25, 0.3) is 15.9 Å².